The van der Waals surface area contributed by atoms with Gasteiger partial charge in [-0.25, -0.2) is 15.0 Å². The minimum absolute atomic E-state index is 0.198. The Morgan fingerprint density at radius 2 is 2.10 bits per heavy atom. The third kappa shape index (κ3) is 5.91. The highest BCUT2D eigenvalue weighted by Gasteiger charge is 2.29. The number of aromatic nitrogens is 3. The van der Waals surface area contributed by atoms with E-state index in [-0.39, 0.29) is 17.6 Å². The van der Waals surface area contributed by atoms with Crippen LogP contribution in [0.15, 0.2) is 23.4 Å². The summed E-state index contributed by atoms with van der Waals surface area (Å²) in [6, 6.07) is 3.17. The molecule has 0 aliphatic carbocycles. The molecule has 9 nitrogen and oxygen atoms in total. The number of aryl methyl sites for hydroxylation is 1. The molecule has 166 valence electrons. The fourth-order valence-corrected chi connectivity index (χ4v) is 3.06. The smallest absolute Gasteiger partial charge is 0.303 e. The summed E-state index contributed by atoms with van der Waals surface area (Å²) in [6.45, 7) is 4.96. The number of carbonyl (C=O) groups excluding carboxylic acids is 1. The highest BCUT2D eigenvalue weighted by atomic mass is 19.3. The third-order valence-electron chi connectivity index (χ3n) is 4.49. The minimum Gasteiger partial charge on any atom is -0.385 e. The zero-order valence-corrected chi connectivity index (χ0v) is 17.8. The number of hydrazone groups is 1. The highest BCUT2D eigenvalue weighted by Crippen LogP contribution is 2.33. The quantitative estimate of drug-likeness (QED) is 0.657. The molecular formula is C20H25F2N7O2. The van der Waals surface area contributed by atoms with E-state index < -0.39 is 11.7 Å². The molecule has 0 saturated heterocycles. The summed E-state index contributed by atoms with van der Waals surface area (Å²) in [5.74, 6) is -3.33. The van der Waals surface area contributed by atoms with Crippen LogP contribution in [0.1, 0.15) is 31.8 Å². The Labute approximate surface area is 178 Å². The summed E-state index contributed by atoms with van der Waals surface area (Å²) in [4.78, 5) is 23.5. The minimum atomic E-state index is -3.18. The first-order valence-electron chi connectivity index (χ1n) is 9.75. The maximum atomic E-state index is 13.8. The fraction of sp³-hybridized carbons (Fsp3) is 0.450. The molecule has 1 aliphatic rings. The number of pyridine rings is 1. The number of ether oxygens (including phenoxy) is 1. The van der Waals surface area contributed by atoms with E-state index in [1.807, 2.05) is 6.21 Å². The maximum Gasteiger partial charge on any atom is 0.303 e. The molecule has 0 radical (unpaired) electrons. The van der Waals surface area contributed by atoms with Crippen molar-refractivity contribution in [3.8, 4) is 0 Å². The van der Waals surface area contributed by atoms with Gasteiger partial charge in [-0.15, -0.1) is 0 Å². The van der Waals surface area contributed by atoms with Crippen molar-refractivity contribution in [2.75, 3.05) is 35.9 Å². The summed E-state index contributed by atoms with van der Waals surface area (Å²) in [5.41, 5.74) is 1.52. The summed E-state index contributed by atoms with van der Waals surface area (Å²) in [6.07, 6.45) is 4.22. The van der Waals surface area contributed by atoms with Crippen molar-refractivity contribution < 1.29 is 18.3 Å². The summed E-state index contributed by atoms with van der Waals surface area (Å²) < 4.78 is 32.7. The lowest BCUT2D eigenvalue weighted by molar-refractivity contribution is -0.114. The van der Waals surface area contributed by atoms with E-state index in [9.17, 15) is 13.6 Å². The first-order chi connectivity index (χ1) is 14.7. The molecule has 3 rings (SSSR count). The number of carbonyl (C=O) groups is 1. The Morgan fingerprint density at radius 3 is 2.77 bits per heavy atom. The molecule has 0 aromatic carbocycles. The fourth-order valence-electron chi connectivity index (χ4n) is 3.06. The number of anilines is 4. The first kappa shape index (κ1) is 22.5. The molecule has 1 unspecified atom stereocenters. The molecule has 0 fully saturated rings. The van der Waals surface area contributed by atoms with E-state index in [0.29, 0.717) is 36.0 Å². The highest BCUT2D eigenvalue weighted by molar-refractivity contribution is 5.89. The predicted octanol–water partition coefficient (Wildman–Crippen LogP) is 3.45. The monoisotopic (exact) mass is 433 g/mol. The lowest BCUT2D eigenvalue weighted by Crippen LogP contribution is -2.20. The summed E-state index contributed by atoms with van der Waals surface area (Å²) in [5, 5.41) is 11.9. The van der Waals surface area contributed by atoms with Crippen molar-refractivity contribution in [3.63, 3.8) is 0 Å². The molecule has 1 aliphatic heterocycles. The van der Waals surface area contributed by atoms with Gasteiger partial charge in [0.1, 0.15) is 17.3 Å². The normalized spacial score (nSPS) is 15.9. The number of nitrogens with zero attached hydrogens (tertiary/aromatic N) is 5. The van der Waals surface area contributed by atoms with Gasteiger partial charge in [-0.05, 0) is 13.3 Å². The van der Waals surface area contributed by atoms with Gasteiger partial charge in [0.05, 0.1) is 11.9 Å². The van der Waals surface area contributed by atoms with E-state index in [2.05, 4.69) is 30.7 Å². The molecular weight excluding hydrogens is 408 g/mol. The number of nitrogens with one attached hydrogen (secondary N) is 2. The molecule has 2 aromatic rings. The molecule has 0 bridgehead atoms. The Morgan fingerprint density at radius 1 is 1.32 bits per heavy atom. The second-order valence-electron chi connectivity index (χ2n) is 7.39. The standard InChI is InChI=1S/C20H25F2N7O2/c1-12-7-18(28-19(25-12)20(3,21)22)27-15-8-17(26-13(2)30)23-10-16(15)29-11-14(9-24-29)5-6-31-4/h7-10,14H,5-6,11H2,1-4H3,(H2,23,25,26,27,28,30). The second kappa shape index (κ2) is 9.29. The number of methoxy groups -OCH3 is 1. The number of alkyl halides is 2. The molecule has 0 saturated carbocycles. The number of amides is 1. The van der Waals surface area contributed by atoms with E-state index in [1.165, 1.54) is 6.92 Å². The van der Waals surface area contributed by atoms with Crippen LogP contribution < -0.4 is 15.6 Å². The van der Waals surface area contributed by atoms with Crippen LogP contribution in [0.2, 0.25) is 0 Å². The van der Waals surface area contributed by atoms with Crippen LogP contribution >= 0.6 is 0 Å². The van der Waals surface area contributed by atoms with Crippen molar-refractivity contribution in [1.29, 1.82) is 0 Å². The Bertz CT molecular complexity index is 978. The Balaban J connectivity index is 1.93. The average Bonchev–Trinajstić information content (AvgIpc) is 3.13. The van der Waals surface area contributed by atoms with Crippen LogP contribution in [-0.4, -0.2) is 47.3 Å². The molecule has 3 heterocycles. The van der Waals surface area contributed by atoms with Gasteiger partial charge in [-0.2, -0.15) is 13.9 Å². The van der Waals surface area contributed by atoms with Crippen LogP contribution in [0.4, 0.5) is 31.8 Å². The maximum absolute atomic E-state index is 13.8. The van der Waals surface area contributed by atoms with Crippen molar-refractivity contribution in [2.45, 2.75) is 33.1 Å². The first-order valence-corrected chi connectivity index (χ1v) is 9.75. The predicted molar refractivity (Wildman–Crippen MR) is 114 cm³/mol. The van der Waals surface area contributed by atoms with Crippen LogP contribution in [-0.2, 0) is 15.5 Å². The summed E-state index contributed by atoms with van der Waals surface area (Å²) >= 11 is 0. The largest absolute Gasteiger partial charge is 0.385 e. The van der Waals surface area contributed by atoms with Crippen LogP contribution in [0, 0.1) is 12.8 Å². The topological polar surface area (TPSA) is 105 Å². The van der Waals surface area contributed by atoms with Crippen molar-refractivity contribution >= 4 is 35.1 Å². The van der Waals surface area contributed by atoms with E-state index >= 15 is 0 Å². The van der Waals surface area contributed by atoms with E-state index in [0.717, 1.165) is 13.3 Å². The van der Waals surface area contributed by atoms with Crippen LogP contribution in [0.5, 0.6) is 0 Å². The third-order valence-corrected chi connectivity index (χ3v) is 4.49. The average molecular weight is 433 g/mol. The SMILES string of the molecule is COCCC1C=NN(c2cnc(NC(C)=O)cc2Nc2cc(C)nc(C(C)(F)F)n2)C1. The number of hydrogen-bond acceptors (Lipinski definition) is 8. The molecule has 31 heavy (non-hydrogen) atoms. The lowest BCUT2D eigenvalue weighted by Gasteiger charge is -2.21. The zero-order chi connectivity index (χ0) is 22.6. The molecule has 1 atom stereocenters. The van der Waals surface area contributed by atoms with Gasteiger partial charge in [0.15, 0.2) is 0 Å². The number of halogens is 2. The molecule has 2 N–H and O–H groups in total. The van der Waals surface area contributed by atoms with E-state index in [4.69, 9.17) is 4.74 Å². The second-order valence-corrected chi connectivity index (χ2v) is 7.39. The summed E-state index contributed by atoms with van der Waals surface area (Å²) in [7, 11) is 1.65. The lowest BCUT2D eigenvalue weighted by atomic mass is 10.1. The molecule has 0 spiro atoms. The van der Waals surface area contributed by atoms with Gasteiger partial charge >= 0.3 is 5.92 Å². The van der Waals surface area contributed by atoms with Gasteiger partial charge < -0.3 is 15.4 Å². The van der Waals surface area contributed by atoms with Crippen molar-refractivity contribution in [3.05, 3.63) is 29.8 Å². The number of rotatable bonds is 8. The van der Waals surface area contributed by atoms with Gasteiger partial charge in [0.25, 0.3) is 0 Å². The van der Waals surface area contributed by atoms with Crippen molar-refractivity contribution in [2.24, 2.45) is 11.0 Å². The Kier molecular flexibility index (Phi) is 6.74. The zero-order valence-electron chi connectivity index (χ0n) is 17.8. The number of hydrogen-bond donors (Lipinski definition) is 2. The molecule has 11 heteroatoms. The molecule has 1 amide bonds. The van der Waals surface area contributed by atoms with Gasteiger partial charge in [-0.3, -0.25) is 9.80 Å². The van der Waals surface area contributed by atoms with Crippen LogP contribution in [0.25, 0.3) is 0 Å². The molecule has 2 aromatic heterocycles. The Hall–Kier alpha value is -3.21. The van der Waals surface area contributed by atoms with Crippen molar-refractivity contribution in [1.82, 2.24) is 15.0 Å². The van der Waals surface area contributed by atoms with Crippen LogP contribution in [0.3, 0.4) is 0 Å². The van der Waals surface area contributed by atoms with E-state index in [1.54, 1.807) is 37.4 Å². The van der Waals surface area contributed by atoms with Gasteiger partial charge in [0, 0.05) is 64.1 Å². The van der Waals surface area contributed by atoms with Gasteiger partial charge in [0.2, 0.25) is 11.7 Å². The van der Waals surface area contributed by atoms with Gasteiger partial charge in [-0.1, -0.05) is 0 Å².